The van der Waals surface area contributed by atoms with Crippen LogP contribution in [0, 0.1) is 10.1 Å². The van der Waals surface area contributed by atoms with Crippen molar-refractivity contribution >= 4 is 11.6 Å². The molecule has 1 aromatic rings. The van der Waals surface area contributed by atoms with Gasteiger partial charge in [-0.1, -0.05) is 0 Å². The zero-order valence-electron chi connectivity index (χ0n) is 13.5. The summed E-state index contributed by atoms with van der Waals surface area (Å²) in [5, 5.41) is 10.9. The van der Waals surface area contributed by atoms with Gasteiger partial charge in [0.15, 0.2) is 0 Å². The average Bonchev–Trinajstić information content (AvgIpc) is 2.48. The molecule has 0 saturated heterocycles. The van der Waals surface area contributed by atoms with E-state index in [2.05, 4.69) is 0 Å². The second-order valence-corrected chi connectivity index (χ2v) is 4.99. The minimum absolute atomic E-state index is 0.0132. The van der Waals surface area contributed by atoms with Crippen LogP contribution in [0.2, 0.25) is 0 Å². The van der Waals surface area contributed by atoms with Gasteiger partial charge in [0.05, 0.1) is 18.6 Å². The summed E-state index contributed by atoms with van der Waals surface area (Å²) in [7, 11) is 3.32. The Labute approximate surface area is 130 Å². The third-order valence-corrected chi connectivity index (χ3v) is 3.44. The molecule has 1 aromatic carbocycles. The van der Waals surface area contributed by atoms with Crippen LogP contribution in [0.5, 0.6) is 5.75 Å². The molecule has 0 radical (unpaired) electrons. The van der Waals surface area contributed by atoms with Crippen LogP contribution < -0.4 is 4.74 Å². The lowest BCUT2D eigenvalue weighted by atomic mass is 10.1. The van der Waals surface area contributed by atoms with Gasteiger partial charge in [-0.2, -0.15) is 0 Å². The summed E-state index contributed by atoms with van der Waals surface area (Å²) in [6.07, 6.45) is 0. The van der Waals surface area contributed by atoms with E-state index in [1.165, 1.54) is 19.2 Å². The van der Waals surface area contributed by atoms with Crippen molar-refractivity contribution in [2.45, 2.75) is 20.4 Å². The fourth-order valence-electron chi connectivity index (χ4n) is 2.26. The van der Waals surface area contributed by atoms with Crippen molar-refractivity contribution in [2.24, 2.45) is 0 Å². The Morgan fingerprint density at radius 1 is 1.32 bits per heavy atom. The van der Waals surface area contributed by atoms with Crippen LogP contribution in [-0.2, 0) is 11.3 Å². The zero-order chi connectivity index (χ0) is 16.7. The highest BCUT2D eigenvalue weighted by atomic mass is 16.6. The molecule has 7 heteroatoms. The number of likely N-dealkylation sites (N-methyl/N-ethyl adjacent to an activating group) is 2. The van der Waals surface area contributed by atoms with Crippen molar-refractivity contribution in [3.8, 4) is 5.75 Å². The first-order chi connectivity index (χ1) is 10.4. The first-order valence-corrected chi connectivity index (χ1v) is 7.20. The number of hydrogen-bond acceptors (Lipinski definition) is 5. The molecule has 1 amide bonds. The number of non-ortho nitro benzene ring substituents is 1. The summed E-state index contributed by atoms with van der Waals surface area (Å²) in [5.74, 6) is 0.615. The monoisotopic (exact) mass is 309 g/mol. The molecule has 0 aliphatic carbocycles. The van der Waals surface area contributed by atoms with Gasteiger partial charge in [-0.25, -0.2) is 0 Å². The first-order valence-electron chi connectivity index (χ1n) is 7.20. The molecular weight excluding hydrogens is 286 g/mol. The maximum absolute atomic E-state index is 12.1. The zero-order valence-corrected chi connectivity index (χ0v) is 13.5. The molecule has 0 fully saturated rings. The highest BCUT2D eigenvalue weighted by molar-refractivity contribution is 5.78. The van der Waals surface area contributed by atoms with Crippen LogP contribution in [-0.4, -0.2) is 54.4 Å². The molecule has 0 spiro atoms. The molecule has 0 heterocycles. The number of amides is 1. The van der Waals surface area contributed by atoms with Gasteiger partial charge in [0.2, 0.25) is 5.91 Å². The van der Waals surface area contributed by atoms with E-state index in [1.807, 2.05) is 18.7 Å². The second kappa shape index (κ2) is 8.33. The molecule has 0 aliphatic rings. The van der Waals surface area contributed by atoms with E-state index in [0.29, 0.717) is 30.9 Å². The lowest BCUT2D eigenvalue weighted by Gasteiger charge is -2.23. The Hall–Kier alpha value is -2.15. The molecule has 0 atom stereocenters. The molecule has 0 N–H and O–H groups in total. The van der Waals surface area contributed by atoms with Crippen LogP contribution in [0.1, 0.15) is 19.4 Å². The highest BCUT2D eigenvalue weighted by Gasteiger charge is 2.16. The Morgan fingerprint density at radius 3 is 2.45 bits per heavy atom. The van der Waals surface area contributed by atoms with Gasteiger partial charge in [0, 0.05) is 37.3 Å². The molecule has 0 bridgehead atoms. The number of rotatable bonds is 8. The van der Waals surface area contributed by atoms with Crippen LogP contribution in [0.4, 0.5) is 5.69 Å². The topological polar surface area (TPSA) is 75.9 Å². The molecule has 122 valence electrons. The summed E-state index contributed by atoms with van der Waals surface area (Å²) in [5.41, 5.74) is 0.700. The van der Waals surface area contributed by atoms with Gasteiger partial charge in [-0.3, -0.25) is 19.8 Å². The number of benzene rings is 1. The number of nitro benzene ring substituents is 1. The van der Waals surface area contributed by atoms with Crippen molar-refractivity contribution in [3.63, 3.8) is 0 Å². The summed E-state index contributed by atoms with van der Waals surface area (Å²) in [4.78, 5) is 26.1. The van der Waals surface area contributed by atoms with Crippen molar-refractivity contribution < 1.29 is 14.5 Å². The summed E-state index contributed by atoms with van der Waals surface area (Å²) in [6.45, 7) is 5.87. The van der Waals surface area contributed by atoms with Crippen molar-refractivity contribution in [1.29, 1.82) is 0 Å². The molecular formula is C15H23N3O4. The fraction of sp³-hybridized carbons (Fsp3) is 0.533. The molecule has 0 aliphatic heterocycles. The van der Waals surface area contributed by atoms with Gasteiger partial charge in [0.25, 0.3) is 5.69 Å². The maximum Gasteiger partial charge on any atom is 0.270 e. The third kappa shape index (κ3) is 4.70. The van der Waals surface area contributed by atoms with Crippen molar-refractivity contribution in [2.75, 3.05) is 33.8 Å². The van der Waals surface area contributed by atoms with Gasteiger partial charge < -0.3 is 9.64 Å². The molecule has 1 rings (SSSR count). The number of ether oxygens (including phenoxy) is 1. The van der Waals surface area contributed by atoms with Crippen LogP contribution in [0.3, 0.4) is 0 Å². The van der Waals surface area contributed by atoms with Crippen molar-refractivity contribution in [1.82, 2.24) is 9.80 Å². The average molecular weight is 309 g/mol. The number of nitro groups is 1. The quantitative estimate of drug-likeness (QED) is 0.541. The SMILES string of the molecule is CCN(CC)C(=O)CN(C)Cc1cc([N+](=O)[O-])ccc1OC. The molecule has 0 unspecified atom stereocenters. The first kappa shape index (κ1) is 17.9. The summed E-state index contributed by atoms with van der Waals surface area (Å²) < 4.78 is 5.23. The molecule has 0 aromatic heterocycles. The minimum atomic E-state index is -0.440. The summed E-state index contributed by atoms with van der Waals surface area (Å²) in [6, 6.07) is 4.47. The van der Waals surface area contributed by atoms with E-state index in [4.69, 9.17) is 4.74 Å². The van der Waals surface area contributed by atoms with E-state index in [1.54, 1.807) is 18.0 Å². The van der Waals surface area contributed by atoms with Crippen LogP contribution in [0.25, 0.3) is 0 Å². The maximum atomic E-state index is 12.1. The number of hydrogen-bond donors (Lipinski definition) is 0. The Balaban J connectivity index is 2.82. The second-order valence-electron chi connectivity index (χ2n) is 4.99. The lowest BCUT2D eigenvalue weighted by Crippen LogP contribution is -2.38. The predicted molar refractivity (Wildman–Crippen MR) is 83.9 cm³/mol. The number of carbonyl (C=O) groups excluding carboxylic acids is 1. The number of carbonyl (C=O) groups is 1. The molecule has 22 heavy (non-hydrogen) atoms. The predicted octanol–water partition coefficient (Wildman–Crippen LogP) is 1.90. The van der Waals surface area contributed by atoms with Gasteiger partial charge in [0.1, 0.15) is 5.75 Å². The lowest BCUT2D eigenvalue weighted by molar-refractivity contribution is -0.384. The van der Waals surface area contributed by atoms with Crippen LogP contribution in [0.15, 0.2) is 18.2 Å². The normalized spacial score (nSPS) is 10.6. The smallest absolute Gasteiger partial charge is 0.270 e. The van der Waals surface area contributed by atoms with Crippen molar-refractivity contribution in [3.05, 3.63) is 33.9 Å². The van der Waals surface area contributed by atoms with E-state index in [0.717, 1.165) is 0 Å². The van der Waals surface area contributed by atoms with E-state index >= 15 is 0 Å². The molecule has 7 nitrogen and oxygen atoms in total. The largest absolute Gasteiger partial charge is 0.496 e. The van der Waals surface area contributed by atoms with Gasteiger partial charge in [-0.05, 0) is 27.0 Å². The van der Waals surface area contributed by atoms with Crippen LogP contribution >= 0.6 is 0 Å². The van der Waals surface area contributed by atoms with E-state index in [-0.39, 0.29) is 18.1 Å². The van der Waals surface area contributed by atoms with E-state index < -0.39 is 4.92 Å². The minimum Gasteiger partial charge on any atom is -0.496 e. The van der Waals surface area contributed by atoms with E-state index in [9.17, 15) is 14.9 Å². The Morgan fingerprint density at radius 2 is 1.95 bits per heavy atom. The summed E-state index contributed by atoms with van der Waals surface area (Å²) >= 11 is 0. The third-order valence-electron chi connectivity index (χ3n) is 3.44. The number of nitrogens with zero attached hydrogens (tertiary/aromatic N) is 3. The number of methoxy groups -OCH3 is 1. The Bertz CT molecular complexity index is 530. The fourth-order valence-corrected chi connectivity index (χ4v) is 2.26. The standard InChI is InChI=1S/C15H23N3O4/c1-5-17(6-2)15(19)11-16(3)10-12-9-13(18(20)21)7-8-14(12)22-4/h7-9H,5-6,10-11H2,1-4H3. The molecule has 0 saturated carbocycles. The van der Waals surface area contributed by atoms with Gasteiger partial charge >= 0.3 is 0 Å². The Kier molecular flexibility index (Phi) is 6.78. The van der Waals surface area contributed by atoms with Gasteiger partial charge in [-0.15, -0.1) is 0 Å². The highest BCUT2D eigenvalue weighted by Crippen LogP contribution is 2.25.